The van der Waals surface area contributed by atoms with Crippen LogP contribution in [0.5, 0.6) is 0 Å². The third-order valence-electron chi connectivity index (χ3n) is 2.35. The van der Waals surface area contributed by atoms with Crippen molar-refractivity contribution in [1.82, 2.24) is 15.2 Å². The van der Waals surface area contributed by atoms with Gasteiger partial charge in [-0.3, -0.25) is 0 Å². The number of aryl methyl sites for hydroxylation is 1. The van der Waals surface area contributed by atoms with Crippen LogP contribution in [0.1, 0.15) is 28.1 Å². The quantitative estimate of drug-likeness (QED) is 0.910. The van der Waals surface area contributed by atoms with E-state index in [1.165, 1.54) is 0 Å². The fourth-order valence-electron chi connectivity index (χ4n) is 1.60. The van der Waals surface area contributed by atoms with Crippen molar-refractivity contribution < 1.29 is 0 Å². The number of pyridine rings is 1. The molecule has 0 aromatic carbocycles. The fourth-order valence-corrected chi connectivity index (χ4v) is 2.34. The lowest BCUT2D eigenvalue weighted by atomic mass is 10.1. The SMILES string of the molecule is CCNc1ncc(C#N)cc1Cc1nnc(C)s1. The highest BCUT2D eigenvalue weighted by molar-refractivity contribution is 7.11. The maximum absolute atomic E-state index is 8.92. The zero-order valence-corrected chi connectivity index (χ0v) is 11.1. The topological polar surface area (TPSA) is 74.5 Å². The molecule has 18 heavy (non-hydrogen) atoms. The zero-order valence-electron chi connectivity index (χ0n) is 10.3. The summed E-state index contributed by atoms with van der Waals surface area (Å²) >= 11 is 1.56. The predicted octanol–water partition coefficient (Wildman–Crippen LogP) is 2.14. The van der Waals surface area contributed by atoms with E-state index in [4.69, 9.17) is 5.26 Å². The lowest BCUT2D eigenvalue weighted by molar-refractivity contribution is 0.975. The molecule has 0 unspecified atom stereocenters. The number of nitrogens with one attached hydrogen (secondary N) is 1. The minimum Gasteiger partial charge on any atom is -0.370 e. The average Bonchev–Trinajstić information content (AvgIpc) is 2.77. The number of rotatable bonds is 4. The van der Waals surface area contributed by atoms with Gasteiger partial charge in [-0.2, -0.15) is 5.26 Å². The van der Waals surface area contributed by atoms with Gasteiger partial charge in [-0.05, 0) is 19.9 Å². The molecule has 0 radical (unpaired) electrons. The summed E-state index contributed by atoms with van der Waals surface area (Å²) < 4.78 is 0. The van der Waals surface area contributed by atoms with Crippen molar-refractivity contribution in [2.24, 2.45) is 0 Å². The first kappa shape index (κ1) is 12.5. The van der Waals surface area contributed by atoms with E-state index in [9.17, 15) is 0 Å². The summed E-state index contributed by atoms with van der Waals surface area (Å²) in [6, 6.07) is 3.95. The molecule has 0 atom stereocenters. The van der Waals surface area contributed by atoms with E-state index in [0.29, 0.717) is 12.0 Å². The van der Waals surface area contributed by atoms with Crippen LogP contribution in [0.2, 0.25) is 0 Å². The Morgan fingerprint density at radius 2 is 2.28 bits per heavy atom. The molecular weight excluding hydrogens is 246 g/mol. The van der Waals surface area contributed by atoms with E-state index in [0.717, 1.165) is 27.9 Å². The molecule has 0 saturated carbocycles. The standard InChI is InChI=1S/C12H13N5S/c1-3-14-12-10(4-9(6-13)7-15-12)5-11-17-16-8(2)18-11/h4,7H,3,5H2,1-2H3,(H,14,15). The zero-order chi connectivity index (χ0) is 13.0. The highest BCUT2D eigenvalue weighted by atomic mass is 32.1. The van der Waals surface area contributed by atoms with Crippen molar-refractivity contribution in [1.29, 1.82) is 5.26 Å². The van der Waals surface area contributed by atoms with Gasteiger partial charge in [0, 0.05) is 24.7 Å². The second-order valence-corrected chi connectivity index (χ2v) is 5.03. The van der Waals surface area contributed by atoms with Crippen molar-refractivity contribution in [3.8, 4) is 6.07 Å². The van der Waals surface area contributed by atoms with Gasteiger partial charge in [-0.1, -0.05) is 0 Å². The molecule has 0 aliphatic rings. The van der Waals surface area contributed by atoms with Crippen LogP contribution in [-0.4, -0.2) is 21.7 Å². The molecule has 2 rings (SSSR count). The normalized spacial score (nSPS) is 10.1. The molecule has 0 bridgehead atoms. The maximum atomic E-state index is 8.92. The summed E-state index contributed by atoms with van der Waals surface area (Å²) in [5, 5.41) is 22.1. The smallest absolute Gasteiger partial charge is 0.129 e. The van der Waals surface area contributed by atoms with E-state index in [1.807, 2.05) is 19.9 Å². The maximum Gasteiger partial charge on any atom is 0.129 e. The van der Waals surface area contributed by atoms with E-state index in [2.05, 4.69) is 26.6 Å². The summed E-state index contributed by atoms with van der Waals surface area (Å²) in [5.74, 6) is 0.810. The highest BCUT2D eigenvalue weighted by Gasteiger charge is 2.09. The fraction of sp³-hybridized carbons (Fsp3) is 0.333. The van der Waals surface area contributed by atoms with Crippen molar-refractivity contribution >= 4 is 17.2 Å². The highest BCUT2D eigenvalue weighted by Crippen LogP contribution is 2.20. The summed E-state index contributed by atoms with van der Waals surface area (Å²) in [7, 11) is 0. The molecule has 0 spiro atoms. The lowest BCUT2D eigenvalue weighted by Gasteiger charge is -2.08. The van der Waals surface area contributed by atoms with Crippen LogP contribution < -0.4 is 5.32 Å². The molecular formula is C12H13N5S. The van der Waals surface area contributed by atoms with E-state index < -0.39 is 0 Å². The van der Waals surface area contributed by atoms with Crippen LogP contribution in [0.15, 0.2) is 12.3 Å². The Balaban J connectivity index is 2.31. The van der Waals surface area contributed by atoms with Crippen LogP contribution in [0.3, 0.4) is 0 Å². The predicted molar refractivity (Wildman–Crippen MR) is 70.6 cm³/mol. The second-order valence-electron chi connectivity index (χ2n) is 3.77. The molecule has 2 aromatic heterocycles. The largest absolute Gasteiger partial charge is 0.370 e. The summed E-state index contributed by atoms with van der Waals surface area (Å²) in [6.45, 7) is 4.73. The summed E-state index contributed by atoms with van der Waals surface area (Å²) in [5.41, 5.74) is 1.54. The number of hydrogen-bond donors (Lipinski definition) is 1. The number of aromatic nitrogens is 3. The Labute approximate surface area is 110 Å². The van der Waals surface area contributed by atoms with Gasteiger partial charge in [-0.25, -0.2) is 4.98 Å². The van der Waals surface area contributed by atoms with Gasteiger partial charge < -0.3 is 5.32 Å². The van der Waals surface area contributed by atoms with Gasteiger partial charge >= 0.3 is 0 Å². The molecule has 2 aromatic rings. The molecule has 0 saturated heterocycles. The van der Waals surface area contributed by atoms with Crippen molar-refractivity contribution in [3.05, 3.63) is 33.4 Å². The number of nitrogens with zero attached hydrogens (tertiary/aromatic N) is 4. The molecule has 0 amide bonds. The average molecular weight is 259 g/mol. The summed E-state index contributed by atoms with van der Waals surface area (Å²) in [6.07, 6.45) is 2.23. The Kier molecular flexibility index (Phi) is 3.85. The van der Waals surface area contributed by atoms with Crippen molar-refractivity contribution in [2.45, 2.75) is 20.3 Å². The minimum absolute atomic E-state index is 0.563. The Hall–Kier alpha value is -2.00. The Morgan fingerprint density at radius 1 is 1.44 bits per heavy atom. The number of hydrogen-bond acceptors (Lipinski definition) is 6. The van der Waals surface area contributed by atoms with E-state index in [-0.39, 0.29) is 0 Å². The first-order chi connectivity index (χ1) is 8.72. The van der Waals surface area contributed by atoms with Gasteiger partial charge in [0.15, 0.2) is 0 Å². The monoisotopic (exact) mass is 259 g/mol. The van der Waals surface area contributed by atoms with Gasteiger partial charge in [0.1, 0.15) is 21.9 Å². The van der Waals surface area contributed by atoms with E-state index >= 15 is 0 Å². The van der Waals surface area contributed by atoms with Gasteiger partial charge in [0.25, 0.3) is 0 Å². The minimum atomic E-state index is 0.563. The molecule has 0 aliphatic carbocycles. The number of anilines is 1. The Bertz CT molecular complexity index is 584. The molecule has 0 aliphatic heterocycles. The Morgan fingerprint density at radius 3 is 2.89 bits per heavy atom. The molecule has 6 heteroatoms. The van der Waals surface area contributed by atoms with E-state index in [1.54, 1.807) is 17.5 Å². The molecule has 92 valence electrons. The molecule has 5 nitrogen and oxygen atoms in total. The van der Waals surface area contributed by atoms with Crippen molar-refractivity contribution in [2.75, 3.05) is 11.9 Å². The van der Waals surface area contributed by atoms with Gasteiger partial charge in [0.2, 0.25) is 0 Å². The van der Waals surface area contributed by atoms with Crippen LogP contribution in [-0.2, 0) is 6.42 Å². The summed E-state index contributed by atoms with van der Waals surface area (Å²) in [4.78, 5) is 4.27. The molecule has 2 heterocycles. The molecule has 1 N–H and O–H groups in total. The van der Waals surface area contributed by atoms with Crippen LogP contribution in [0.4, 0.5) is 5.82 Å². The van der Waals surface area contributed by atoms with Crippen LogP contribution >= 0.6 is 11.3 Å². The third-order valence-corrected chi connectivity index (χ3v) is 3.19. The van der Waals surface area contributed by atoms with Crippen LogP contribution in [0, 0.1) is 18.3 Å². The first-order valence-corrected chi connectivity index (χ1v) is 6.46. The lowest BCUT2D eigenvalue weighted by Crippen LogP contribution is -2.04. The van der Waals surface area contributed by atoms with Crippen molar-refractivity contribution in [3.63, 3.8) is 0 Å². The molecule has 0 fully saturated rings. The van der Waals surface area contributed by atoms with Crippen LogP contribution in [0.25, 0.3) is 0 Å². The van der Waals surface area contributed by atoms with Gasteiger partial charge in [0.05, 0.1) is 5.56 Å². The number of nitriles is 1. The third kappa shape index (κ3) is 2.81. The van der Waals surface area contributed by atoms with Gasteiger partial charge in [-0.15, -0.1) is 21.5 Å². The first-order valence-electron chi connectivity index (χ1n) is 5.64. The second kappa shape index (κ2) is 5.56.